The third kappa shape index (κ3) is 5.38. The van der Waals surface area contributed by atoms with Gasteiger partial charge in [-0.1, -0.05) is 6.07 Å². The maximum Gasteiger partial charge on any atom is 0.223 e. The maximum absolute atomic E-state index is 13.8. The van der Waals surface area contributed by atoms with Crippen molar-refractivity contribution in [1.82, 2.24) is 15.5 Å². The zero-order chi connectivity index (χ0) is 17.8. The van der Waals surface area contributed by atoms with Crippen LogP contribution in [0.1, 0.15) is 38.2 Å². The molecular formula is C19H28ClF2N3O. The number of carbonyl (C=O) groups excluding carboxylic acids is 1. The highest BCUT2D eigenvalue weighted by molar-refractivity contribution is 5.85. The lowest BCUT2D eigenvalue weighted by atomic mass is 9.92. The van der Waals surface area contributed by atoms with Gasteiger partial charge in [-0.25, -0.2) is 8.78 Å². The Morgan fingerprint density at radius 1 is 1.31 bits per heavy atom. The van der Waals surface area contributed by atoms with Gasteiger partial charge in [-0.15, -0.1) is 12.4 Å². The Bertz CT molecular complexity index is 596. The van der Waals surface area contributed by atoms with Crippen LogP contribution in [0.3, 0.4) is 0 Å². The van der Waals surface area contributed by atoms with E-state index in [1.165, 1.54) is 18.2 Å². The second-order valence-corrected chi connectivity index (χ2v) is 7.36. The Balaban J connectivity index is 0.00000243. The van der Waals surface area contributed by atoms with Crippen LogP contribution in [0, 0.1) is 17.6 Å². The Labute approximate surface area is 160 Å². The van der Waals surface area contributed by atoms with Crippen LogP contribution in [0.4, 0.5) is 8.78 Å². The summed E-state index contributed by atoms with van der Waals surface area (Å²) < 4.78 is 27.7. The van der Waals surface area contributed by atoms with Gasteiger partial charge in [0.15, 0.2) is 0 Å². The molecule has 1 aromatic rings. The average molecular weight is 388 g/mol. The van der Waals surface area contributed by atoms with E-state index in [4.69, 9.17) is 0 Å². The molecule has 2 N–H and O–H groups in total. The molecule has 26 heavy (non-hydrogen) atoms. The predicted octanol–water partition coefficient (Wildman–Crippen LogP) is 2.86. The lowest BCUT2D eigenvalue weighted by molar-refractivity contribution is -0.127. The van der Waals surface area contributed by atoms with Crippen molar-refractivity contribution >= 4 is 18.3 Å². The zero-order valence-electron chi connectivity index (χ0n) is 15.1. The molecule has 1 aromatic carbocycles. The second-order valence-electron chi connectivity index (χ2n) is 7.36. The van der Waals surface area contributed by atoms with E-state index in [1.807, 2.05) is 4.90 Å². The molecular weight excluding hydrogens is 360 g/mol. The Morgan fingerprint density at radius 2 is 2.04 bits per heavy atom. The van der Waals surface area contributed by atoms with Crippen LogP contribution in [0.2, 0.25) is 0 Å². The molecule has 146 valence electrons. The molecule has 0 aromatic heterocycles. The summed E-state index contributed by atoms with van der Waals surface area (Å²) in [4.78, 5) is 14.5. The SMILES string of the molecule is C[C@H]1C[C@@H](C(=O)NC2CCCN(Cc3c(F)cccc3F)C2)CCN1.Cl. The number of amides is 1. The third-order valence-electron chi connectivity index (χ3n) is 5.29. The molecule has 0 aliphatic carbocycles. The van der Waals surface area contributed by atoms with Gasteiger partial charge in [0.25, 0.3) is 0 Å². The number of benzene rings is 1. The van der Waals surface area contributed by atoms with E-state index in [9.17, 15) is 13.6 Å². The van der Waals surface area contributed by atoms with Crippen molar-refractivity contribution in [3.05, 3.63) is 35.4 Å². The molecule has 2 fully saturated rings. The summed E-state index contributed by atoms with van der Waals surface area (Å²) in [6.07, 6.45) is 3.57. The molecule has 2 heterocycles. The highest BCUT2D eigenvalue weighted by Crippen LogP contribution is 2.20. The van der Waals surface area contributed by atoms with Gasteiger partial charge >= 0.3 is 0 Å². The minimum absolute atomic E-state index is 0. The smallest absolute Gasteiger partial charge is 0.223 e. The number of halogens is 3. The largest absolute Gasteiger partial charge is 0.352 e. The molecule has 4 nitrogen and oxygen atoms in total. The van der Waals surface area contributed by atoms with Gasteiger partial charge in [0, 0.05) is 36.7 Å². The summed E-state index contributed by atoms with van der Waals surface area (Å²) in [6.45, 7) is 4.66. The van der Waals surface area contributed by atoms with Crippen molar-refractivity contribution in [2.45, 2.75) is 51.2 Å². The molecule has 0 saturated carbocycles. The second kappa shape index (κ2) is 9.62. The standard InChI is InChI=1S/C19H27F2N3O.ClH/c1-13-10-14(7-8-22-13)19(25)23-15-4-3-9-24(11-15)12-16-17(20)5-2-6-18(16)21;/h2,5-6,13-15,22H,3-4,7-12H2,1H3,(H,23,25);1H/t13-,14-,15?;/m0./s1. The minimum Gasteiger partial charge on any atom is -0.352 e. The lowest BCUT2D eigenvalue weighted by Crippen LogP contribution is -2.50. The van der Waals surface area contributed by atoms with Crippen molar-refractivity contribution in [2.75, 3.05) is 19.6 Å². The van der Waals surface area contributed by atoms with Crippen molar-refractivity contribution < 1.29 is 13.6 Å². The van der Waals surface area contributed by atoms with E-state index in [0.29, 0.717) is 12.6 Å². The number of hydrogen-bond donors (Lipinski definition) is 2. The maximum atomic E-state index is 13.8. The normalized spacial score (nSPS) is 26.8. The first-order valence-electron chi connectivity index (χ1n) is 9.22. The van der Waals surface area contributed by atoms with Crippen molar-refractivity contribution in [3.63, 3.8) is 0 Å². The number of carbonyl (C=O) groups is 1. The van der Waals surface area contributed by atoms with E-state index in [-0.39, 0.29) is 42.4 Å². The fourth-order valence-corrected chi connectivity index (χ4v) is 3.91. The first-order chi connectivity index (χ1) is 12.0. The van der Waals surface area contributed by atoms with Crippen LogP contribution >= 0.6 is 12.4 Å². The van der Waals surface area contributed by atoms with E-state index in [1.54, 1.807) is 0 Å². The summed E-state index contributed by atoms with van der Waals surface area (Å²) in [7, 11) is 0. The van der Waals surface area contributed by atoms with E-state index < -0.39 is 11.6 Å². The van der Waals surface area contributed by atoms with Crippen molar-refractivity contribution in [2.24, 2.45) is 5.92 Å². The average Bonchev–Trinajstić information content (AvgIpc) is 2.59. The molecule has 0 spiro atoms. The minimum atomic E-state index is -0.505. The third-order valence-corrected chi connectivity index (χ3v) is 5.29. The van der Waals surface area contributed by atoms with Crippen LogP contribution in [-0.2, 0) is 11.3 Å². The zero-order valence-corrected chi connectivity index (χ0v) is 16.0. The van der Waals surface area contributed by atoms with Gasteiger partial charge in [0.1, 0.15) is 11.6 Å². The molecule has 2 saturated heterocycles. The topological polar surface area (TPSA) is 44.4 Å². The van der Waals surface area contributed by atoms with Crippen LogP contribution in [0.25, 0.3) is 0 Å². The molecule has 1 unspecified atom stereocenters. The van der Waals surface area contributed by atoms with Gasteiger partial charge in [-0.3, -0.25) is 9.69 Å². The van der Waals surface area contributed by atoms with Crippen molar-refractivity contribution in [1.29, 1.82) is 0 Å². The summed E-state index contributed by atoms with van der Waals surface area (Å²) in [6, 6.07) is 4.39. The van der Waals surface area contributed by atoms with Crippen LogP contribution in [-0.4, -0.2) is 42.5 Å². The quantitative estimate of drug-likeness (QED) is 0.835. The van der Waals surface area contributed by atoms with Crippen molar-refractivity contribution in [3.8, 4) is 0 Å². The molecule has 0 bridgehead atoms. The van der Waals surface area contributed by atoms with Gasteiger partial charge in [0.05, 0.1) is 0 Å². The van der Waals surface area contributed by atoms with Gasteiger partial charge in [0.2, 0.25) is 5.91 Å². The summed E-state index contributed by atoms with van der Waals surface area (Å²) in [5.41, 5.74) is 0.113. The fourth-order valence-electron chi connectivity index (χ4n) is 3.91. The predicted molar refractivity (Wildman–Crippen MR) is 100 cm³/mol. The molecule has 3 atom stereocenters. The van der Waals surface area contributed by atoms with Gasteiger partial charge in [-0.2, -0.15) is 0 Å². The van der Waals surface area contributed by atoms with Gasteiger partial charge < -0.3 is 10.6 Å². The Morgan fingerprint density at radius 3 is 2.73 bits per heavy atom. The molecule has 3 rings (SSSR count). The lowest BCUT2D eigenvalue weighted by Gasteiger charge is -2.35. The number of rotatable bonds is 4. The van der Waals surface area contributed by atoms with Crippen LogP contribution in [0.5, 0.6) is 0 Å². The number of likely N-dealkylation sites (tertiary alicyclic amines) is 1. The van der Waals surface area contributed by atoms with Crippen LogP contribution < -0.4 is 10.6 Å². The fraction of sp³-hybridized carbons (Fsp3) is 0.632. The van der Waals surface area contributed by atoms with Crippen LogP contribution in [0.15, 0.2) is 18.2 Å². The molecule has 7 heteroatoms. The summed E-state index contributed by atoms with van der Waals surface area (Å²) >= 11 is 0. The highest BCUT2D eigenvalue weighted by atomic mass is 35.5. The monoisotopic (exact) mass is 387 g/mol. The number of nitrogens with one attached hydrogen (secondary N) is 2. The highest BCUT2D eigenvalue weighted by Gasteiger charge is 2.28. The molecule has 1 amide bonds. The molecule has 0 radical (unpaired) electrons. The molecule has 2 aliphatic rings. The van der Waals surface area contributed by atoms with E-state index in [2.05, 4.69) is 17.6 Å². The number of piperidine rings is 2. The van der Waals surface area contributed by atoms with Gasteiger partial charge in [-0.05, 0) is 57.8 Å². The summed E-state index contributed by atoms with van der Waals surface area (Å²) in [5, 5.41) is 6.51. The first kappa shape index (κ1) is 21.1. The first-order valence-corrected chi connectivity index (χ1v) is 9.22. The number of nitrogens with zero attached hydrogens (tertiary/aromatic N) is 1. The Hall–Kier alpha value is -1.24. The van der Waals surface area contributed by atoms with E-state index in [0.717, 1.165) is 38.8 Å². The summed E-state index contributed by atoms with van der Waals surface area (Å²) in [5.74, 6) is -0.822. The molecule has 2 aliphatic heterocycles. The number of hydrogen-bond acceptors (Lipinski definition) is 3. The Kier molecular flexibility index (Phi) is 7.80. The van der Waals surface area contributed by atoms with E-state index >= 15 is 0 Å².